The van der Waals surface area contributed by atoms with Gasteiger partial charge in [-0.3, -0.25) is 4.79 Å². The molecule has 2 nitrogen and oxygen atoms in total. The summed E-state index contributed by atoms with van der Waals surface area (Å²) in [6.07, 6.45) is 28.7. The Morgan fingerprint density at radius 2 is 1.22 bits per heavy atom. The molecule has 0 saturated carbocycles. The second kappa shape index (κ2) is 21.7. The largest absolute Gasteiger partial charge is 0.481 e. The summed E-state index contributed by atoms with van der Waals surface area (Å²) in [6, 6.07) is 0. The summed E-state index contributed by atoms with van der Waals surface area (Å²) >= 11 is 3.57. The molecule has 27 heavy (non-hydrogen) atoms. The molecule has 3 heteroatoms. The fraction of sp³-hybridized carbons (Fsp3) is 0.792. The summed E-state index contributed by atoms with van der Waals surface area (Å²) in [5.74, 6) is -0.708. The van der Waals surface area contributed by atoms with Crippen LogP contribution in [0, 0.1) is 0 Å². The molecule has 0 aromatic carbocycles. The predicted octanol–water partition coefficient (Wildman–Crippen LogP) is 8.95. The molecule has 0 aliphatic rings. The maximum absolute atomic E-state index is 10.4. The van der Waals surface area contributed by atoms with Crippen molar-refractivity contribution < 1.29 is 9.90 Å². The van der Waals surface area contributed by atoms with Gasteiger partial charge in [0.25, 0.3) is 0 Å². The highest BCUT2D eigenvalue weighted by Crippen LogP contribution is 2.16. The maximum atomic E-state index is 10.4. The van der Waals surface area contributed by atoms with Crippen LogP contribution in [0.4, 0.5) is 0 Å². The average molecular weight is 444 g/mol. The lowest BCUT2D eigenvalue weighted by Crippen LogP contribution is -1.92. The van der Waals surface area contributed by atoms with Crippen LogP contribution in [0.25, 0.3) is 0 Å². The van der Waals surface area contributed by atoms with Crippen LogP contribution < -0.4 is 0 Å². The SMILES string of the molecule is CCCCCCCCCCCCCC/C=C\CC/C(Br)=C\CCCC(=O)O. The van der Waals surface area contributed by atoms with Crippen LogP contribution in [0.15, 0.2) is 22.7 Å². The van der Waals surface area contributed by atoms with Crippen molar-refractivity contribution in [3.8, 4) is 0 Å². The zero-order valence-corrected chi connectivity index (χ0v) is 19.3. The number of carboxylic acids is 1. The van der Waals surface area contributed by atoms with Gasteiger partial charge in [-0.15, -0.1) is 0 Å². The van der Waals surface area contributed by atoms with Crippen LogP contribution in [0.1, 0.15) is 122 Å². The molecule has 0 heterocycles. The van der Waals surface area contributed by atoms with E-state index in [0.717, 1.165) is 25.7 Å². The van der Waals surface area contributed by atoms with Crippen molar-refractivity contribution in [2.75, 3.05) is 0 Å². The Balaban J connectivity index is 3.28. The molecule has 0 saturated heterocycles. The number of aliphatic carboxylic acids is 1. The van der Waals surface area contributed by atoms with Gasteiger partial charge in [0.15, 0.2) is 0 Å². The molecule has 0 aromatic heterocycles. The van der Waals surface area contributed by atoms with Crippen LogP contribution in [0.3, 0.4) is 0 Å². The number of carbonyl (C=O) groups is 1. The van der Waals surface area contributed by atoms with Crippen molar-refractivity contribution in [2.24, 2.45) is 0 Å². The second-order valence-corrected chi connectivity index (χ2v) is 8.64. The van der Waals surface area contributed by atoms with E-state index in [4.69, 9.17) is 5.11 Å². The van der Waals surface area contributed by atoms with Gasteiger partial charge in [-0.25, -0.2) is 0 Å². The van der Waals surface area contributed by atoms with E-state index in [-0.39, 0.29) is 6.42 Å². The van der Waals surface area contributed by atoms with Crippen molar-refractivity contribution in [3.63, 3.8) is 0 Å². The highest BCUT2D eigenvalue weighted by atomic mass is 79.9. The first-order valence-electron chi connectivity index (χ1n) is 11.4. The van der Waals surface area contributed by atoms with Gasteiger partial charge < -0.3 is 5.11 Å². The van der Waals surface area contributed by atoms with E-state index in [1.807, 2.05) is 0 Å². The normalized spacial score (nSPS) is 12.1. The summed E-state index contributed by atoms with van der Waals surface area (Å²) in [7, 11) is 0. The molecule has 0 amide bonds. The minimum Gasteiger partial charge on any atom is -0.481 e. The summed E-state index contributed by atoms with van der Waals surface area (Å²) in [6.45, 7) is 2.28. The second-order valence-electron chi connectivity index (χ2n) is 7.62. The molecule has 0 aliphatic carbocycles. The van der Waals surface area contributed by atoms with E-state index in [1.165, 1.54) is 88.0 Å². The lowest BCUT2D eigenvalue weighted by atomic mass is 10.0. The minimum absolute atomic E-state index is 0.260. The van der Waals surface area contributed by atoms with E-state index in [9.17, 15) is 4.79 Å². The van der Waals surface area contributed by atoms with Gasteiger partial charge in [-0.05, 0) is 43.0 Å². The molecule has 0 spiro atoms. The Bertz CT molecular complexity index is 388. The number of allylic oxidation sites excluding steroid dienone is 4. The molecule has 0 rings (SSSR count). The number of hydrogen-bond acceptors (Lipinski definition) is 1. The molecule has 1 N–H and O–H groups in total. The van der Waals surface area contributed by atoms with Gasteiger partial charge in [0.1, 0.15) is 0 Å². The maximum Gasteiger partial charge on any atom is 0.303 e. The topological polar surface area (TPSA) is 37.3 Å². The van der Waals surface area contributed by atoms with Crippen molar-refractivity contribution in [1.82, 2.24) is 0 Å². The van der Waals surface area contributed by atoms with Crippen molar-refractivity contribution in [1.29, 1.82) is 0 Å². The Labute approximate surface area is 177 Å². The first-order chi connectivity index (χ1) is 13.2. The molecule has 0 fully saturated rings. The summed E-state index contributed by atoms with van der Waals surface area (Å²) in [5.41, 5.74) is 0. The molecule has 0 unspecified atom stereocenters. The fourth-order valence-corrected chi connectivity index (χ4v) is 3.63. The van der Waals surface area contributed by atoms with Gasteiger partial charge >= 0.3 is 5.97 Å². The molecule has 0 aromatic rings. The van der Waals surface area contributed by atoms with Crippen LogP contribution in [-0.4, -0.2) is 11.1 Å². The third-order valence-corrected chi connectivity index (χ3v) is 5.62. The molecule has 0 bridgehead atoms. The Morgan fingerprint density at radius 3 is 1.78 bits per heavy atom. The number of carboxylic acid groups (broad SMARTS) is 1. The molecule has 0 aliphatic heterocycles. The Kier molecular flexibility index (Phi) is 21.3. The Morgan fingerprint density at radius 1 is 0.704 bits per heavy atom. The van der Waals surface area contributed by atoms with Crippen molar-refractivity contribution >= 4 is 21.9 Å². The highest BCUT2D eigenvalue weighted by molar-refractivity contribution is 9.11. The van der Waals surface area contributed by atoms with Gasteiger partial charge in [-0.1, -0.05) is 112 Å². The van der Waals surface area contributed by atoms with E-state index in [0.29, 0.717) is 0 Å². The van der Waals surface area contributed by atoms with Gasteiger partial charge in [0, 0.05) is 6.42 Å². The molecular formula is C24H43BrO2. The van der Waals surface area contributed by atoms with E-state index >= 15 is 0 Å². The van der Waals surface area contributed by atoms with Crippen LogP contribution >= 0.6 is 15.9 Å². The van der Waals surface area contributed by atoms with Gasteiger partial charge in [0.2, 0.25) is 0 Å². The first-order valence-corrected chi connectivity index (χ1v) is 12.2. The smallest absolute Gasteiger partial charge is 0.303 e. The first kappa shape index (κ1) is 26.4. The zero-order chi connectivity index (χ0) is 20.0. The van der Waals surface area contributed by atoms with Gasteiger partial charge in [0.05, 0.1) is 0 Å². The number of unbranched alkanes of at least 4 members (excludes halogenated alkanes) is 13. The summed E-state index contributed by atoms with van der Waals surface area (Å²) in [4.78, 5) is 10.4. The fourth-order valence-electron chi connectivity index (χ4n) is 3.17. The van der Waals surface area contributed by atoms with Crippen molar-refractivity contribution in [3.05, 3.63) is 22.7 Å². The van der Waals surface area contributed by atoms with E-state index in [1.54, 1.807) is 0 Å². The highest BCUT2D eigenvalue weighted by Gasteiger charge is 1.96. The number of hydrogen-bond donors (Lipinski definition) is 1. The third kappa shape index (κ3) is 23.4. The lowest BCUT2D eigenvalue weighted by molar-refractivity contribution is -0.137. The Hall–Kier alpha value is -0.570. The van der Waals surface area contributed by atoms with Crippen LogP contribution in [0.5, 0.6) is 0 Å². The summed E-state index contributed by atoms with van der Waals surface area (Å²) in [5, 5.41) is 8.60. The number of rotatable bonds is 20. The molecule has 0 atom stereocenters. The minimum atomic E-state index is -0.708. The third-order valence-electron chi connectivity index (χ3n) is 4.90. The van der Waals surface area contributed by atoms with E-state index in [2.05, 4.69) is 41.1 Å². The quantitative estimate of drug-likeness (QED) is 0.151. The van der Waals surface area contributed by atoms with Gasteiger partial charge in [-0.2, -0.15) is 0 Å². The lowest BCUT2D eigenvalue weighted by Gasteiger charge is -2.02. The van der Waals surface area contributed by atoms with E-state index < -0.39 is 5.97 Å². The van der Waals surface area contributed by atoms with Crippen LogP contribution in [-0.2, 0) is 4.79 Å². The molecule has 158 valence electrons. The standard InChI is InChI=1S/C24H43BrO2/c1-2-3-4-5-6-7-8-9-10-11-12-13-14-15-16-17-20-23(25)21-18-19-22-24(26)27/h15-16,21H,2-14,17-20,22H2,1H3,(H,26,27)/b16-15-,23-21+. The monoisotopic (exact) mass is 442 g/mol. The van der Waals surface area contributed by atoms with Crippen LogP contribution in [0.2, 0.25) is 0 Å². The summed E-state index contributed by atoms with van der Waals surface area (Å²) < 4.78 is 1.20. The van der Waals surface area contributed by atoms with Crippen molar-refractivity contribution in [2.45, 2.75) is 122 Å². The molecular weight excluding hydrogens is 400 g/mol. The zero-order valence-electron chi connectivity index (χ0n) is 17.7. The number of halogens is 1. The average Bonchev–Trinajstić information content (AvgIpc) is 2.64. The predicted molar refractivity (Wildman–Crippen MR) is 123 cm³/mol. The molecule has 0 radical (unpaired) electrons.